The van der Waals surface area contributed by atoms with Crippen molar-refractivity contribution in [3.63, 3.8) is 0 Å². The minimum Gasteiger partial charge on any atom is -0.471 e. The fourth-order valence-corrected chi connectivity index (χ4v) is 2.76. The summed E-state index contributed by atoms with van der Waals surface area (Å²) >= 11 is 0. The molecule has 0 aliphatic heterocycles. The van der Waals surface area contributed by atoms with Gasteiger partial charge in [-0.05, 0) is 35.4 Å². The highest BCUT2D eigenvalue weighted by Gasteiger charge is 2.11. The molecular formula is C21H18N4O. The number of ether oxygens (including phenoxy) is 1. The summed E-state index contributed by atoms with van der Waals surface area (Å²) in [5.74, 6) is 0.618. The number of benzene rings is 1. The molecule has 26 heavy (non-hydrogen) atoms. The molecule has 4 rings (SSSR count). The van der Waals surface area contributed by atoms with E-state index in [0.717, 1.165) is 27.9 Å². The zero-order chi connectivity index (χ0) is 17.8. The third kappa shape index (κ3) is 3.47. The summed E-state index contributed by atoms with van der Waals surface area (Å²) in [7, 11) is 1.89. The van der Waals surface area contributed by atoms with Crippen LogP contribution in [-0.2, 0) is 13.7 Å². The van der Waals surface area contributed by atoms with Crippen LogP contribution in [0.1, 0.15) is 5.56 Å². The lowest BCUT2D eigenvalue weighted by molar-refractivity contribution is 0.292. The van der Waals surface area contributed by atoms with Gasteiger partial charge in [-0.3, -0.25) is 14.6 Å². The van der Waals surface area contributed by atoms with Crippen molar-refractivity contribution in [2.45, 2.75) is 6.61 Å². The van der Waals surface area contributed by atoms with Gasteiger partial charge >= 0.3 is 0 Å². The minimum absolute atomic E-state index is 0.456. The summed E-state index contributed by atoms with van der Waals surface area (Å²) in [5.41, 5.74) is 5.12. The molecule has 4 aromatic rings. The van der Waals surface area contributed by atoms with Gasteiger partial charge in [-0.15, -0.1) is 5.10 Å². The standard InChI is InChI=1S/C21H18N4O/c1-25-14-19(17-9-12-22-13-10-17)21(24-25)26-15-16-5-7-18(8-6-16)20-4-2-3-11-23-20/h2-14H,15H2,1H3. The molecule has 5 nitrogen and oxygen atoms in total. The van der Waals surface area contributed by atoms with Crippen molar-refractivity contribution in [1.29, 1.82) is 0 Å². The van der Waals surface area contributed by atoms with Crippen LogP contribution in [0.3, 0.4) is 0 Å². The minimum atomic E-state index is 0.456. The van der Waals surface area contributed by atoms with Gasteiger partial charge in [-0.1, -0.05) is 30.3 Å². The van der Waals surface area contributed by atoms with Crippen LogP contribution in [0.5, 0.6) is 5.88 Å². The Labute approximate surface area is 151 Å². The Hall–Kier alpha value is -3.47. The van der Waals surface area contributed by atoms with Gasteiger partial charge in [0, 0.05) is 37.4 Å². The Morgan fingerprint density at radius 1 is 0.885 bits per heavy atom. The normalized spacial score (nSPS) is 10.7. The summed E-state index contributed by atoms with van der Waals surface area (Å²) in [6, 6.07) is 18.0. The van der Waals surface area contributed by atoms with E-state index in [1.807, 2.05) is 43.6 Å². The van der Waals surface area contributed by atoms with E-state index in [1.54, 1.807) is 23.3 Å². The first-order valence-electron chi connectivity index (χ1n) is 8.37. The van der Waals surface area contributed by atoms with Crippen molar-refractivity contribution in [3.8, 4) is 28.3 Å². The highest BCUT2D eigenvalue weighted by Crippen LogP contribution is 2.28. The van der Waals surface area contributed by atoms with Gasteiger partial charge in [0.05, 0.1) is 11.3 Å². The van der Waals surface area contributed by atoms with Crippen molar-refractivity contribution in [2.75, 3.05) is 0 Å². The van der Waals surface area contributed by atoms with Crippen LogP contribution in [0.25, 0.3) is 22.4 Å². The van der Waals surface area contributed by atoms with E-state index < -0.39 is 0 Å². The molecule has 0 atom stereocenters. The van der Waals surface area contributed by atoms with E-state index in [-0.39, 0.29) is 0 Å². The molecule has 0 unspecified atom stereocenters. The zero-order valence-corrected chi connectivity index (χ0v) is 14.4. The summed E-state index contributed by atoms with van der Waals surface area (Å²) in [4.78, 5) is 8.43. The number of aryl methyl sites for hydroxylation is 1. The SMILES string of the molecule is Cn1cc(-c2ccncc2)c(OCc2ccc(-c3ccccn3)cc2)n1. The van der Waals surface area contributed by atoms with E-state index in [9.17, 15) is 0 Å². The maximum absolute atomic E-state index is 5.98. The summed E-state index contributed by atoms with van der Waals surface area (Å²) < 4.78 is 7.74. The van der Waals surface area contributed by atoms with Gasteiger partial charge < -0.3 is 4.74 Å². The van der Waals surface area contributed by atoms with Crippen molar-refractivity contribution >= 4 is 0 Å². The molecule has 0 aliphatic rings. The van der Waals surface area contributed by atoms with Gasteiger partial charge in [0.25, 0.3) is 0 Å². The van der Waals surface area contributed by atoms with Crippen molar-refractivity contribution < 1.29 is 4.74 Å². The Morgan fingerprint density at radius 2 is 1.69 bits per heavy atom. The van der Waals surface area contributed by atoms with Crippen LogP contribution in [0.2, 0.25) is 0 Å². The van der Waals surface area contributed by atoms with E-state index in [0.29, 0.717) is 12.5 Å². The number of hydrogen-bond donors (Lipinski definition) is 0. The predicted molar refractivity (Wildman–Crippen MR) is 100 cm³/mol. The average Bonchev–Trinajstić information content (AvgIpc) is 3.09. The Bertz CT molecular complexity index is 980. The van der Waals surface area contributed by atoms with Crippen molar-refractivity contribution in [1.82, 2.24) is 19.7 Å². The average molecular weight is 342 g/mol. The van der Waals surface area contributed by atoms with Crippen molar-refractivity contribution in [3.05, 3.63) is 84.9 Å². The number of aromatic nitrogens is 4. The molecule has 0 saturated heterocycles. The third-order valence-electron chi connectivity index (χ3n) is 4.08. The number of nitrogens with zero attached hydrogens (tertiary/aromatic N) is 4. The molecule has 0 aliphatic carbocycles. The van der Waals surface area contributed by atoms with Gasteiger partial charge in [-0.25, -0.2) is 0 Å². The highest BCUT2D eigenvalue weighted by atomic mass is 16.5. The Morgan fingerprint density at radius 3 is 2.42 bits per heavy atom. The molecule has 0 saturated carbocycles. The molecular weight excluding hydrogens is 324 g/mol. The Balaban J connectivity index is 1.50. The van der Waals surface area contributed by atoms with E-state index in [1.165, 1.54) is 0 Å². The quantitative estimate of drug-likeness (QED) is 0.547. The van der Waals surface area contributed by atoms with Gasteiger partial charge in [0.1, 0.15) is 6.61 Å². The third-order valence-corrected chi connectivity index (χ3v) is 4.08. The van der Waals surface area contributed by atoms with Crippen LogP contribution in [0.4, 0.5) is 0 Å². The van der Waals surface area contributed by atoms with Crippen LogP contribution in [-0.4, -0.2) is 19.7 Å². The Kier molecular flexibility index (Phi) is 4.43. The number of hydrogen-bond acceptors (Lipinski definition) is 4. The monoisotopic (exact) mass is 342 g/mol. The highest BCUT2D eigenvalue weighted by molar-refractivity contribution is 5.67. The lowest BCUT2D eigenvalue weighted by Gasteiger charge is -2.07. The van der Waals surface area contributed by atoms with Gasteiger partial charge in [-0.2, -0.15) is 0 Å². The van der Waals surface area contributed by atoms with Crippen LogP contribution in [0, 0.1) is 0 Å². The summed E-state index contributed by atoms with van der Waals surface area (Å²) in [6.07, 6.45) is 7.29. The molecule has 0 spiro atoms. The van der Waals surface area contributed by atoms with E-state index in [4.69, 9.17) is 4.74 Å². The van der Waals surface area contributed by atoms with Gasteiger partial charge in [0.2, 0.25) is 5.88 Å². The van der Waals surface area contributed by atoms with E-state index in [2.05, 4.69) is 39.3 Å². The second kappa shape index (κ2) is 7.19. The second-order valence-electron chi connectivity index (χ2n) is 5.96. The molecule has 0 radical (unpaired) electrons. The number of rotatable bonds is 5. The molecule has 1 aromatic carbocycles. The first kappa shape index (κ1) is 16.0. The summed E-state index contributed by atoms with van der Waals surface area (Å²) in [5, 5.41) is 4.43. The topological polar surface area (TPSA) is 52.8 Å². The molecule has 0 fully saturated rings. The fourth-order valence-electron chi connectivity index (χ4n) is 2.76. The van der Waals surface area contributed by atoms with Crippen LogP contribution < -0.4 is 4.74 Å². The molecule has 0 amide bonds. The molecule has 128 valence electrons. The van der Waals surface area contributed by atoms with Crippen LogP contribution in [0.15, 0.2) is 79.4 Å². The maximum atomic E-state index is 5.98. The van der Waals surface area contributed by atoms with Gasteiger partial charge in [0.15, 0.2) is 0 Å². The summed E-state index contributed by atoms with van der Waals surface area (Å²) in [6.45, 7) is 0.456. The number of pyridine rings is 2. The lowest BCUT2D eigenvalue weighted by Crippen LogP contribution is -1.98. The molecule has 3 aromatic heterocycles. The predicted octanol–water partition coefficient (Wildman–Crippen LogP) is 4.12. The fraction of sp³-hybridized carbons (Fsp3) is 0.0952. The smallest absolute Gasteiger partial charge is 0.241 e. The first-order valence-corrected chi connectivity index (χ1v) is 8.37. The van der Waals surface area contributed by atoms with Crippen LogP contribution >= 0.6 is 0 Å². The molecule has 0 N–H and O–H groups in total. The second-order valence-corrected chi connectivity index (χ2v) is 5.96. The van der Waals surface area contributed by atoms with Crippen molar-refractivity contribution in [2.24, 2.45) is 7.05 Å². The largest absolute Gasteiger partial charge is 0.471 e. The maximum Gasteiger partial charge on any atom is 0.241 e. The zero-order valence-electron chi connectivity index (χ0n) is 14.4. The first-order chi connectivity index (χ1) is 12.8. The molecule has 5 heteroatoms. The van der Waals surface area contributed by atoms with E-state index >= 15 is 0 Å². The lowest BCUT2D eigenvalue weighted by atomic mass is 10.1. The molecule has 3 heterocycles. The molecule has 0 bridgehead atoms.